The Labute approximate surface area is 165 Å². The number of hydrogen-bond donors (Lipinski definition) is 2. The quantitative estimate of drug-likeness (QED) is 0.760. The Morgan fingerprint density at radius 2 is 1.93 bits per heavy atom. The van der Waals surface area contributed by atoms with E-state index in [4.69, 9.17) is 0 Å². The van der Waals surface area contributed by atoms with Gasteiger partial charge >= 0.3 is 0 Å². The zero-order chi connectivity index (χ0) is 19.1. The number of anilines is 1. The standard InChI is InChI=1S/C21H27N3O2S/c1-2-17-6-3-4-8-19(17)22-20(25)16-23-11-13-24(14-12-23)21(26)10-9-18-7-5-15-27-18/h3-8,15H,2,9-14,16H2,1H3,(H,22,25)/p+1. The molecule has 1 aliphatic heterocycles. The molecule has 0 aliphatic carbocycles. The Balaban J connectivity index is 1.41. The van der Waals surface area contributed by atoms with Gasteiger partial charge in [-0.2, -0.15) is 0 Å². The van der Waals surface area contributed by atoms with E-state index >= 15 is 0 Å². The van der Waals surface area contributed by atoms with Gasteiger partial charge in [0.05, 0.1) is 26.2 Å². The zero-order valence-corrected chi connectivity index (χ0v) is 16.7. The normalized spacial score (nSPS) is 14.9. The third-order valence-electron chi connectivity index (χ3n) is 5.07. The predicted molar refractivity (Wildman–Crippen MR) is 109 cm³/mol. The third-order valence-corrected chi connectivity index (χ3v) is 6.01. The predicted octanol–water partition coefficient (Wildman–Crippen LogP) is 1.61. The van der Waals surface area contributed by atoms with Gasteiger partial charge in [-0.15, -0.1) is 11.3 Å². The first kappa shape index (κ1) is 19.6. The van der Waals surface area contributed by atoms with Gasteiger partial charge in [0.25, 0.3) is 5.91 Å². The Morgan fingerprint density at radius 1 is 1.15 bits per heavy atom. The third kappa shape index (κ3) is 5.65. The van der Waals surface area contributed by atoms with Gasteiger partial charge in [-0.05, 0) is 35.9 Å². The van der Waals surface area contributed by atoms with E-state index in [2.05, 4.69) is 18.3 Å². The molecule has 1 aromatic heterocycles. The molecule has 0 atom stereocenters. The van der Waals surface area contributed by atoms with Gasteiger partial charge in [0.15, 0.2) is 6.54 Å². The Bertz CT molecular complexity index is 753. The summed E-state index contributed by atoms with van der Waals surface area (Å²) in [5.74, 6) is 0.271. The SMILES string of the molecule is CCc1ccccc1NC(=O)C[NH+]1CCN(C(=O)CCc2cccs2)CC1. The number of benzene rings is 1. The van der Waals surface area contributed by atoms with Gasteiger partial charge in [0.1, 0.15) is 0 Å². The van der Waals surface area contributed by atoms with Crippen LogP contribution in [0.4, 0.5) is 5.69 Å². The molecule has 2 amide bonds. The summed E-state index contributed by atoms with van der Waals surface area (Å²) in [7, 11) is 0. The summed E-state index contributed by atoms with van der Waals surface area (Å²) in [4.78, 5) is 29.2. The Morgan fingerprint density at radius 3 is 2.63 bits per heavy atom. The summed E-state index contributed by atoms with van der Waals surface area (Å²) in [6.07, 6.45) is 2.29. The number of nitrogens with one attached hydrogen (secondary N) is 2. The number of piperazine rings is 1. The first-order chi connectivity index (χ1) is 13.2. The smallest absolute Gasteiger partial charge is 0.279 e. The van der Waals surface area contributed by atoms with E-state index in [0.29, 0.717) is 13.0 Å². The van der Waals surface area contributed by atoms with Gasteiger partial charge in [0, 0.05) is 17.0 Å². The van der Waals surface area contributed by atoms with E-state index in [9.17, 15) is 9.59 Å². The van der Waals surface area contributed by atoms with Crippen molar-refractivity contribution < 1.29 is 14.5 Å². The first-order valence-corrected chi connectivity index (χ1v) is 10.5. The molecule has 2 heterocycles. The number of quaternary nitrogens is 1. The highest BCUT2D eigenvalue weighted by atomic mass is 32.1. The van der Waals surface area contributed by atoms with Gasteiger partial charge in [0.2, 0.25) is 5.91 Å². The molecule has 0 saturated carbocycles. The maximum Gasteiger partial charge on any atom is 0.279 e. The number of thiophene rings is 1. The second-order valence-electron chi connectivity index (χ2n) is 6.95. The number of rotatable bonds is 7. The molecule has 144 valence electrons. The van der Waals surface area contributed by atoms with Crippen molar-refractivity contribution in [1.29, 1.82) is 0 Å². The minimum Gasteiger partial charge on any atom is -0.331 e. The molecule has 6 heteroatoms. The van der Waals surface area contributed by atoms with Crippen molar-refractivity contribution in [3.63, 3.8) is 0 Å². The van der Waals surface area contributed by atoms with E-state index in [0.717, 1.165) is 50.3 Å². The van der Waals surface area contributed by atoms with Crippen LogP contribution < -0.4 is 10.2 Å². The monoisotopic (exact) mass is 386 g/mol. The van der Waals surface area contributed by atoms with Gasteiger partial charge < -0.3 is 15.1 Å². The van der Waals surface area contributed by atoms with Crippen molar-refractivity contribution in [3.8, 4) is 0 Å². The minimum atomic E-state index is 0.0448. The van der Waals surface area contributed by atoms with E-state index in [1.807, 2.05) is 40.6 Å². The first-order valence-electron chi connectivity index (χ1n) is 9.67. The maximum atomic E-state index is 12.4. The fourth-order valence-corrected chi connectivity index (χ4v) is 4.17. The summed E-state index contributed by atoms with van der Waals surface area (Å²) >= 11 is 1.70. The molecular formula is C21H28N3O2S+. The minimum absolute atomic E-state index is 0.0448. The molecule has 0 spiro atoms. The van der Waals surface area contributed by atoms with Crippen molar-refractivity contribution in [1.82, 2.24) is 4.90 Å². The number of carbonyl (C=O) groups excluding carboxylic acids is 2. The summed E-state index contributed by atoms with van der Waals surface area (Å²) in [6, 6.07) is 12.0. The van der Waals surface area contributed by atoms with Gasteiger partial charge in [-0.3, -0.25) is 9.59 Å². The average molecular weight is 387 g/mol. The van der Waals surface area contributed by atoms with Crippen LogP contribution in [0.5, 0.6) is 0 Å². The fourth-order valence-electron chi connectivity index (χ4n) is 3.46. The van der Waals surface area contributed by atoms with E-state index in [1.165, 1.54) is 9.78 Å². The maximum absolute atomic E-state index is 12.4. The summed E-state index contributed by atoms with van der Waals surface area (Å²) < 4.78 is 0. The lowest BCUT2D eigenvalue weighted by Gasteiger charge is -2.32. The molecular weight excluding hydrogens is 358 g/mol. The van der Waals surface area contributed by atoms with E-state index < -0.39 is 0 Å². The van der Waals surface area contributed by atoms with Gasteiger partial charge in [-0.25, -0.2) is 0 Å². The highest BCUT2D eigenvalue weighted by Gasteiger charge is 2.25. The number of hydrogen-bond acceptors (Lipinski definition) is 3. The molecule has 0 bridgehead atoms. The topological polar surface area (TPSA) is 53.9 Å². The highest BCUT2D eigenvalue weighted by Crippen LogP contribution is 2.15. The molecule has 27 heavy (non-hydrogen) atoms. The number of para-hydroxylation sites is 1. The average Bonchev–Trinajstić information content (AvgIpc) is 3.20. The lowest BCUT2D eigenvalue weighted by molar-refractivity contribution is -0.895. The van der Waals surface area contributed by atoms with Crippen LogP contribution in [0, 0.1) is 0 Å². The molecule has 5 nitrogen and oxygen atoms in total. The van der Waals surface area contributed by atoms with Crippen LogP contribution in [0.15, 0.2) is 41.8 Å². The molecule has 1 aromatic carbocycles. The summed E-state index contributed by atoms with van der Waals surface area (Å²) in [5, 5.41) is 5.09. The molecule has 2 aromatic rings. The Hall–Kier alpha value is -2.18. The van der Waals surface area contributed by atoms with Crippen molar-refractivity contribution in [2.75, 3.05) is 38.0 Å². The van der Waals surface area contributed by atoms with E-state index in [1.54, 1.807) is 11.3 Å². The molecule has 3 rings (SSSR count). The molecule has 1 aliphatic rings. The summed E-state index contributed by atoms with van der Waals surface area (Å²) in [5.41, 5.74) is 2.06. The lowest BCUT2D eigenvalue weighted by Crippen LogP contribution is -3.15. The number of aryl methyl sites for hydroxylation is 2. The molecule has 1 saturated heterocycles. The van der Waals surface area contributed by atoms with Crippen molar-refractivity contribution >= 4 is 28.8 Å². The zero-order valence-electron chi connectivity index (χ0n) is 15.9. The highest BCUT2D eigenvalue weighted by molar-refractivity contribution is 7.09. The van der Waals surface area contributed by atoms with E-state index in [-0.39, 0.29) is 11.8 Å². The lowest BCUT2D eigenvalue weighted by atomic mass is 10.1. The molecule has 2 N–H and O–H groups in total. The van der Waals surface area contributed by atoms with Crippen molar-refractivity contribution in [2.45, 2.75) is 26.2 Å². The van der Waals surface area contributed by atoms with Crippen LogP contribution in [0.25, 0.3) is 0 Å². The van der Waals surface area contributed by atoms with Crippen molar-refractivity contribution in [3.05, 3.63) is 52.2 Å². The summed E-state index contributed by atoms with van der Waals surface area (Å²) in [6.45, 7) is 5.66. The number of amides is 2. The van der Waals surface area contributed by atoms with Crippen molar-refractivity contribution in [2.24, 2.45) is 0 Å². The van der Waals surface area contributed by atoms with Crippen LogP contribution in [-0.2, 0) is 22.4 Å². The molecule has 1 fully saturated rings. The second-order valence-corrected chi connectivity index (χ2v) is 7.98. The van der Waals surface area contributed by atoms with Crippen LogP contribution in [0.3, 0.4) is 0 Å². The number of carbonyl (C=O) groups is 2. The molecule has 0 radical (unpaired) electrons. The largest absolute Gasteiger partial charge is 0.331 e. The number of nitrogens with zero attached hydrogens (tertiary/aromatic N) is 1. The van der Waals surface area contributed by atoms with Crippen LogP contribution in [-0.4, -0.2) is 49.4 Å². The Kier molecular flexibility index (Phi) is 7.01. The van der Waals surface area contributed by atoms with Crippen LogP contribution in [0.1, 0.15) is 23.8 Å². The van der Waals surface area contributed by atoms with Gasteiger partial charge in [-0.1, -0.05) is 31.2 Å². The van der Waals surface area contributed by atoms with Crippen LogP contribution in [0.2, 0.25) is 0 Å². The van der Waals surface area contributed by atoms with Crippen LogP contribution >= 0.6 is 11.3 Å². The molecule has 0 unspecified atom stereocenters. The second kappa shape index (κ2) is 9.67. The fraction of sp³-hybridized carbons (Fsp3) is 0.429.